The number of halogens is 6. The van der Waals surface area contributed by atoms with E-state index in [4.69, 9.17) is 79.1 Å². The van der Waals surface area contributed by atoms with Gasteiger partial charge in [0, 0.05) is 5.41 Å². The summed E-state index contributed by atoms with van der Waals surface area (Å²) in [6, 6.07) is 0. The summed E-state index contributed by atoms with van der Waals surface area (Å²) in [4.78, 5) is 0. The van der Waals surface area contributed by atoms with Crippen LogP contribution < -0.4 is 5.11 Å². The van der Waals surface area contributed by atoms with Crippen LogP contribution in [0.2, 0.25) is 0 Å². The molecule has 2 heterocycles. The van der Waals surface area contributed by atoms with Crippen LogP contribution in [-0.2, 0) is 9.47 Å². The van der Waals surface area contributed by atoms with E-state index in [1.807, 2.05) is 0 Å². The van der Waals surface area contributed by atoms with Gasteiger partial charge in [-0.15, -0.1) is 0 Å². The molecule has 4 unspecified atom stereocenters. The molecule has 6 atom stereocenters. The van der Waals surface area contributed by atoms with Crippen LogP contribution in [0.4, 0.5) is 0 Å². The standard InChI is InChI=1S/C12H13Cl6O3/c1-9-5(2-3-6-8(9)20-6)4-7(10(13,14)15)21-11(9,19)12(16,17)18/h5-8H,2-4H2,1H3/q-1/t5?,6-,7?,8-,9?,11?/m0/s1. The van der Waals surface area contributed by atoms with Crippen LogP contribution in [0.1, 0.15) is 26.2 Å². The van der Waals surface area contributed by atoms with Gasteiger partial charge < -0.3 is 14.6 Å². The van der Waals surface area contributed by atoms with E-state index >= 15 is 0 Å². The summed E-state index contributed by atoms with van der Waals surface area (Å²) in [6.45, 7) is 1.75. The molecule has 0 N–H and O–H groups in total. The Balaban J connectivity index is 2.04. The zero-order valence-corrected chi connectivity index (χ0v) is 15.5. The van der Waals surface area contributed by atoms with Crippen molar-refractivity contribution in [3.63, 3.8) is 0 Å². The van der Waals surface area contributed by atoms with Crippen LogP contribution in [0.15, 0.2) is 0 Å². The Labute approximate surface area is 153 Å². The minimum atomic E-state index is -2.35. The van der Waals surface area contributed by atoms with Gasteiger partial charge in [-0.05, 0) is 25.2 Å². The second-order valence-electron chi connectivity index (χ2n) is 6.15. The van der Waals surface area contributed by atoms with Crippen molar-refractivity contribution < 1.29 is 14.6 Å². The molecule has 3 rings (SSSR count). The molecule has 3 aliphatic rings. The highest BCUT2D eigenvalue weighted by Crippen LogP contribution is 2.66. The quantitative estimate of drug-likeness (QED) is 0.445. The Morgan fingerprint density at radius 1 is 1.10 bits per heavy atom. The monoisotopic (exact) mass is 415 g/mol. The highest BCUT2D eigenvalue weighted by atomic mass is 35.6. The van der Waals surface area contributed by atoms with Crippen LogP contribution in [0.5, 0.6) is 0 Å². The van der Waals surface area contributed by atoms with E-state index in [2.05, 4.69) is 0 Å². The molecule has 2 saturated heterocycles. The topological polar surface area (TPSA) is 44.8 Å². The number of hydrogen-bond acceptors (Lipinski definition) is 3. The molecule has 9 heteroatoms. The summed E-state index contributed by atoms with van der Waals surface area (Å²) in [5, 5.41) is 13.5. The van der Waals surface area contributed by atoms with Crippen LogP contribution in [0, 0.1) is 11.3 Å². The molecule has 0 aromatic carbocycles. The zero-order valence-electron chi connectivity index (χ0n) is 10.9. The van der Waals surface area contributed by atoms with E-state index < -0.39 is 24.9 Å². The van der Waals surface area contributed by atoms with E-state index in [9.17, 15) is 5.11 Å². The number of alkyl halides is 6. The van der Waals surface area contributed by atoms with E-state index in [0.717, 1.165) is 12.8 Å². The largest absolute Gasteiger partial charge is 0.825 e. The third kappa shape index (κ3) is 2.51. The molecular formula is C12H13Cl6O3-. The number of epoxide rings is 1. The first-order valence-corrected chi connectivity index (χ1v) is 8.85. The van der Waals surface area contributed by atoms with E-state index in [1.165, 1.54) is 0 Å². The van der Waals surface area contributed by atoms with Crippen LogP contribution >= 0.6 is 69.6 Å². The third-order valence-corrected chi connectivity index (χ3v) is 6.55. The minimum absolute atomic E-state index is 0.0276. The molecule has 0 bridgehead atoms. The smallest absolute Gasteiger partial charge is 0.216 e. The molecule has 3 fully saturated rings. The van der Waals surface area contributed by atoms with E-state index in [1.54, 1.807) is 6.92 Å². The van der Waals surface area contributed by atoms with Gasteiger partial charge in [-0.25, -0.2) is 0 Å². The normalized spacial score (nSPS) is 50.3. The van der Waals surface area contributed by atoms with Crippen molar-refractivity contribution in [3.8, 4) is 0 Å². The molecular weight excluding hydrogens is 405 g/mol. The fourth-order valence-corrected chi connectivity index (χ4v) is 4.96. The predicted molar refractivity (Wildman–Crippen MR) is 82.3 cm³/mol. The van der Waals surface area contributed by atoms with Gasteiger partial charge in [-0.1, -0.05) is 76.5 Å². The average Bonchev–Trinajstić information content (AvgIpc) is 3.08. The lowest BCUT2D eigenvalue weighted by atomic mass is 9.59. The predicted octanol–water partition coefficient (Wildman–Crippen LogP) is 3.76. The molecule has 0 spiro atoms. The van der Waals surface area contributed by atoms with E-state index in [0.29, 0.717) is 6.42 Å². The lowest BCUT2D eigenvalue weighted by Gasteiger charge is -2.65. The van der Waals surface area contributed by atoms with Crippen LogP contribution in [0.25, 0.3) is 0 Å². The fraction of sp³-hybridized carbons (Fsp3) is 1.00. The van der Waals surface area contributed by atoms with Gasteiger partial charge in [0.05, 0.1) is 18.0 Å². The van der Waals surface area contributed by atoms with Crippen LogP contribution in [0.3, 0.4) is 0 Å². The first kappa shape index (κ1) is 17.4. The molecule has 0 aromatic rings. The summed E-state index contributed by atoms with van der Waals surface area (Å²) in [7, 11) is 0. The second kappa shape index (κ2) is 5.06. The molecule has 0 aromatic heterocycles. The van der Waals surface area contributed by atoms with Gasteiger partial charge >= 0.3 is 0 Å². The molecule has 0 radical (unpaired) electrons. The Morgan fingerprint density at radius 2 is 1.71 bits per heavy atom. The zero-order chi connectivity index (χ0) is 15.8. The Hall–Kier alpha value is 1.62. The van der Waals surface area contributed by atoms with Gasteiger partial charge in [0.15, 0.2) is 0 Å². The van der Waals surface area contributed by atoms with Crippen molar-refractivity contribution in [2.24, 2.45) is 11.3 Å². The molecule has 1 saturated carbocycles. The maximum atomic E-state index is 13.5. The number of fused-ring (bicyclic) bond motifs is 3. The van der Waals surface area contributed by atoms with Crippen molar-refractivity contribution in [1.82, 2.24) is 0 Å². The number of ether oxygens (including phenoxy) is 2. The SMILES string of the molecule is CC12C(CC[C@@H]3O[C@@H]31)CC(C(Cl)(Cl)Cl)OC2([O-])C(Cl)(Cl)Cl. The summed E-state index contributed by atoms with van der Waals surface area (Å²) in [6.07, 6.45) is 0.852. The van der Waals surface area contributed by atoms with Gasteiger partial charge in [-0.2, -0.15) is 0 Å². The molecule has 3 nitrogen and oxygen atoms in total. The van der Waals surface area contributed by atoms with Gasteiger partial charge in [0.25, 0.3) is 0 Å². The molecule has 122 valence electrons. The molecule has 1 aliphatic carbocycles. The minimum Gasteiger partial charge on any atom is -0.825 e. The highest BCUT2D eigenvalue weighted by Gasteiger charge is 2.71. The van der Waals surface area contributed by atoms with Gasteiger partial charge in [0.1, 0.15) is 6.10 Å². The van der Waals surface area contributed by atoms with Crippen LogP contribution in [-0.4, -0.2) is 31.7 Å². The van der Waals surface area contributed by atoms with Crippen molar-refractivity contribution in [2.75, 3.05) is 0 Å². The maximum absolute atomic E-state index is 13.5. The number of hydrogen-bond donors (Lipinski definition) is 0. The Bertz CT molecular complexity index is 449. The summed E-state index contributed by atoms with van der Waals surface area (Å²) < 4.78 is 7.19. The summed E-state index contributed by atoms with van der Waals surface area (Å²) in [5.41, 5.74) is -0.979. The maximum Gasteiger partial charge on any atom is 0.216 e. The average molecular weight is 418 g/mol. The second-order valence-corrected chi connectivity index (χ2v) is 10.8. The van der Waals surface area contributed by atoms with Gasteiger partial charge in [-0.3, -0.25) is 0 Å². The Kier molecular flexibility index (Phi) is 4.20. The van der Waals surface area contributed by atoms with Crippen molar-refractivity contribution in [1.29, 1.82) is 0 Å². The lowest BCUT2D eigenvalue weighted by Crippen LogP contribution is -2.75. The van der Waals surface area contributed by atoms with E-state index in [-0.39, 0.29) is 18.1 Å². The molecule has 2 aliphatic heterocycles. The van der Waals surface area contributed by atoms with Gasteiger partial charge in [0.2, 0.25) is 7.59 Å². The van der Waals surface area contributed by atoms with Crippen molar-refractivity contribution >= 4 is 69.6 Å². The first-order chi connectivity index (χ1) is 9.41. The Morgan fingerprint density at radius 3 is 2.24 bits per heavy atom. The molecule has 0 amide bonds. The fourth-order valence-electron chi connectivity index (χ4n) is 3.81. The van der Waals surface area contributed by atoms with Crippen molar-refractivity contribution in [3.05, 3.63) is 0 Å². The third-order valence-electron chi connectivity index (χ3n) is 5.08. The number of rotatable bonds is 0. The first-order valence-electron chi connectivity index (χ1n) is 6.58. The summed E-state index contributed by atoms with van der Waals surface area (Å²) >= 11 is 35.7. The summed E-state index contributed by atoms with van der Waals surface area (Å²) in [5.74, 6) is -2.44. The molecule has 21 heavy (non-hydrogen) atoms. The highest BCUT2D eigenvalue weighted by molar-refractivity contribution is 6.69. The van der Waals surface area contributed by atoms with Crippen molar-refractivity contribution in [2.45, 2.75) is 57.9 Å². The lowest BCUT2D eigenvalue weighted by molar-refractivity contribution is -0.603.